The summed E-state index contributed by atoms with van der Waals surface area (Å²) in [5, 5.41) is 11.8. The second-order valence-electron chi connectivity index (χ2n) is 6.95. The number of oxime groups is 1. The molecule has 1 aromatic heterocycles. The van der Waals surface area contributed by atoms with Gasteiger partial charge in [-0.25, -0.2) is 4.79 Å². The highest BCUT2D eigenvalue weighted by molar-refractivity contribution is 6.00. The molecule has 0 saturated heterocycles. The van der Waals surface area contributed by atoms with E-state index in [9.17, 15) is 4.79 Å². The first-order valence-electron chi connectivity index (χ1n) is 9.23. The second kappa shape index (κ2) is 8.30. The molecule has 0 fully saturated rings. The molecule has 0 unspecified atom stereocenters. The summed E-state index contributed by atoms with van der Waals surface area (Å²) in [6.45, 7) is 8.19. The van der Waals surface area contributed by atoms with Crippen molar-refractivity contribution in [3.8, 4) is 11.4 Å². The van der Waals surface area contributed by atoms with E-state index in [0.29, 0.717) is 12.3 Å². The van der Waals surface area contributed by atoms with Crippen LogP contribution in [-0.2, 0) is 18.5 Å². The molecular weight excluding hydrogens is 370 g/mol. The largest absolute Gasteiger partial charge is 0.489 e. The Morgan fingerprint density at radius 3 is 2.52 bits per heavy atom. The van der Waals surface area contributed by atoms with Gasteiger partial charge in [0.25, 0.3) is 0 Å². The lowest BCUT2D eigenvalue weighted by Gasteiger charge is -2.16. The maximum Gasteiger partial charge on any atom is 0.368 e. The molecule has 29 heavy (non-hydrogen) atoms. The molecule has 152 valence electrons. The number of tetrazole rings is 1. The third-order valence-corrected chi connectivity index (χ3v) is 4.85. The molecule has 3 rings (SSSR count). The molecule has 0 aliphatic rings. The van der Waals surface area contributed by atoms with Gasteiger partial charge in [0.15, 0.2) is 0 Å². The van der Waals surface area contributed by atoms with E-state index in [2.05, 4.69) is 15.6 Å². The fourth-order valence-corrected chi connectivity index (χ4v) is 3.21. The Morgan fingerprint density at radius 1 is 1.10 bits per heavy atom. The van der Waals surface area contributed by atoms with Crippen LogP contribution in [0.4, 0.5) is 0 Å². The number of aromatic nitrogens is 4. The smallest absolute Gasteiger partial charge is 0.368 e. The summed E-state index contributed by atoms with van der Waals surface area (Å²) in [6.07, 6.45) is 0. The van der Waals surface area contributed by atoms with Crippen LogP contribution >= 0.6 is 0 Å². The zero-order valence-corrected chi connectivity index (χ0v) is 17.6. The number of hydrogen-bond donors (Lipinski definition) is 0. The third-order valence-electron chi connectivity index (χ3n) is 4.85. The number of hydrogen-bond acceptors (Lipinski definition) is 6. The first-order valence-corrected chi connectivity index (χ1v) is 9.23. The van der Waals surface area contributed by atoms with E-state index in [0.717, 1.165) is 39.3 Å². The summed E-state index contributed by atoms with van der Waals surface area (Å²) in [5.41, 5.74) is 6.10. The van der Waals surface area contributed by atoms with Crippen molar-refractivity contribution in [2.45, 2.75) is 34.3 Å². The zero-order chi connectivity index (χ0) is 21.1. The van der Waals surface area contributed by atoms with Gasteiger partial charge in [-0.2, -0.15) is 9.36 Å². The molecule has 0 saturated carbocycles. The summed E-state index contributed by atoms with van der Waals surface area (Å²) in [7, 11) is 3.10. The van der Waals surface area contributed by atoms with Crippen LogP contribution in [0.25, 0.3) is 5.69 Å². The van der Waals surface area contributed by atoms with Gasteiger partial charge in [-0.15, -0.1) is 0 Å². The van der Waals surface area contributed by atoms with Gasteiger partial charge < -0.3 is 9.57 Å². The van der Waals surface area contributed by atoms with Crippen molar-refractivity contribution >= 4 is 5.71 Å². The van der Waals surface area contributed by atoms with Crippen molar-refractivity contribution in [3.05, 3.63) is 68.6 Å². The van der Waals surface area contributed by atoms with E-state index in [1.807, 2.05) is 58.0 Å². The summed E-state index contributed by atoms with van der Waals surface area (Å²) < 4.78 is 8.63. The first-order chi connectivity index (χ1) is 13.8. The van der Waals surface area contributed by atoms with Gasteiger partial charge in [-0.3, -0.25) is 0 Å². The van der Waals surface area contributed by atoms with Crippen LogP contribution in [0.15, 0.2) is 40.3 Å². The molecule has 8 heteroatoms. The van der Waals surface area contributed by atoms with Crippen molar-refractivity contribution in [1.29, 1.82) is 0 Å². The van der Waals surface area contributed by atoms with Crippen molar-refractivity contribution in [2.75, 3.05) is 7.11 Å². The van der Waals surface area contributed by atoms with Crippen LogP contribution < -0.4 is 10.4 Å². The lowest BCUT2D eigenvalue weighted by Crippen LogP contribution is -2.23. The Balaban J connectivity index is 1.93. The maximum absolute atomic E-state index is 12.3. The standard InChI is InChI=1S/C21H25N5O3/c1-13-8-7-9-19(26-21(27)25(5)23-24-26)18(13)12-29-20-11-14(2)17(10-15(20)3)16(4)22-28-6/h7-11H,12H2,1-6H3/b22-16+. The fourth-order valence-electron chi connectivity index (χ4n) is 3.21. The van der Waals surface area contributed by atoms with E-state index in [1.165, 1.54) is 16.5 Å². The lowest BCUT2D eigenvalue weighted by atomic mass is 10.0. The van der Waals surface area contributed by atoms with Gasteiger partial charge in [0, 0.05) is 18.2 Å². The fraction of sp³-hybridized carbons (Fsp3) is 0.333. The highest BCUT2D eigenvalue weighted by Gasteiger charge is 2.15. The second-order valence-corrected chi connectivity index (χ2v) is 6.95. The minimum absolute atomic E-state index is 0.301. The topological polar surface area (TPSA) is 83.5 Å². The normalized spacial score (nSPS) is 11.6. The molecule has 2 aromatic carbocycles. The summed E-state index contributed by atoms with van der Waals surface area (Å²) in [4.78, 5) is 17.2. The summed E-state index contributed by atoms with van der Waals surface area (Å²) >= 11 is 0. The highest BCUT2D eigenvalue weighted by atomic mass is 16.6. The molecule has 0 bridgehead atoms. The Morgan fingerprint density at radius 2 is 1.86 bits per heavy atom. The zero-order valence-electron chi connectivity index (χ0n) is 17.6. The Hall–Kier alpha value is -3.42. The van der Waals surface area contributed by atoms with Crippen LogP contribution in [0.3, 0.4) is 0 Å². The van der Waals surface area contributed by atoms with Crippen molar-refractivity contribution in [2.24, 2.45) is 12.2 Å². The van der Waals surface area contributed by atoms with Gasteiger partial charge in [-0.1, -0.05) is 17.3 Å². The van der Waals surface area contributed by atoms with Crippen molar-refractivity contribution in [1.82, 2.24) is 19.8 Å². The van der Waals surface area contributed by atoms with E-state index in [4.69, 9.17) is 9.57 Å². The molecule has 0 aliphatic carbocycles. The number of benzene rings is 2. The lowest BCUT2D eigenvalue weighted by molar-refractivity contribution is 0.213. The van der Waals surface area contributed by atoms with Crippen LogP contribution in [0.2, 0.25) is 0 Å². The number of ether oxygens (including phenoxy) is 1. The predicted octanol–water partition coefficient (Wildman–Crippen LogP) is 2.84. The molecule has 0 atom stereocenters. The molecule has 0 N–H and O–H groups in total. The van der Waals surface area contributed by atoms with Gasteiger partial charge in [-0.05, 0) is 73.0 Å². The molecule has 0 spiro atoms. The molecule has 0 radical (unpaired) electrons. The Labute approximate surface area is 169 Å². The first kappa shape index (κ1) is 20.3. The molecule has 3 aromatic rings. The van der Waals surface area contributed by atoms with Crippen LogP contribution in [0, 0.1) is 20.8 Å². The minimum Gasteiger partial charge on any atom is -0.489 e. The van der Waals surface area contributed by atoms with Gasteiger partial charge in [0.2, 0.25) is 0 Å². The average molecular weight is 395 g/mol. The van der Waals surface area contributed by atoms with Crippen LogP contribution in [-0.4, -0.2) is 32.6 Å². The highest BCUT2D eigenvalue weighted by Crippen LogP contribution is 2.26. The molecule has 0 amide bonds. The van der Waals surface area contributed by atoms with E-state index >= 15 is 0 Å². The molecule has 8 nitrogen and oxygen atoms in total. The SMILES string of the molecule is CO/N=C(\C)c1cc(C)c(OCc2c(C)cccc2-n2nnn(C)c2=O)cc1C. The summed E-state index contributed by atoms with van der Waals surface area (Å²) in [5.74, 6) is 0.775. The Kier molecular flexibility index (Phi) is 5.81. The van der Waals surface area contributed by atoms with Crippen LogP contribution in [0.1, 0.15) is 34.7 Å². The maximum atomic E-state index is 12.3. The monoisotopic (exact) mass is 395 g/mol. The number of rotatable bonds is 6. The van der Waals surface area contributed by atoms with E-state index in [-0.39, 0.29) is 5.69 Å². The van der Waals surface area contributed by atoms with E-state index in [1.54, 1.807) is 7.05 Å². The van der Waals surface area contributed by atoms with Gasteiger partial charge in [0.1, 0.15) is 19.5 Å². The minimum atomic E-state index is -0.305. The van der Waals surface area contributed by atoms with E-state index < -0.39 is 0 Å². The van der Waals surface area contributed by atoms with Crippen molar-refractivity contribution in [3.63, 3.8) is 0 Å². The van der Waals surface area contributed by atoms with Crippen molar-refractivity contribution < 1.29 is 9.57 Å². The molecular formula is C21H25N5O3. The average Bonchev–Trinajstić information content (AvgIpc) is 3.01. The molecule has 0 aliphatic heterocycles. The van der Waals surface area contributed by atoms with Gasteiger partial charge in [0.05, 0.1) is 11.4 Å². The molecule has 1 heterocycles. The number of aryl methyl sites for hydroxylation is 4. The number of nitrogens with zero attached hydrogens (tertiary/aromatic N) is 5. The Bertz CT molecular complexity index is 1130. The predicted molar refractivity (Wildman–Crippen MR) is 111 cm³/mol. The van der Waals surface area contributed by atoms with Crippen LogP contribution in [0.5, 0.6) is 5.75 Å². The quantitative estimate of drug-likeness (QED) is 0.473. The summed E-state index contributed by atoms with van der Waals surface area (Å²) in [6, 6.07) is 9.74. The van der Waals surface area contributed by atoms with Gasteiger partial charge >= 0.3 is 5.69 Å². The third kappa shape index (κ3) is 4.06.